The number of carbonyl (C=O) groups excluding carboxylic acids is 1. The van der Waals surface area contributed by atoms with Gasteiger partial charge < -0.3 is 5.32 Å². The molecule has 0 fully saturated rings. The lowest BCUT2D eigenvalue weighted by Crippen LogP contribution is -2.21. The SMILES string of the molecule is Cc1c(C#N)c(N)[nH+]c(SCC(=O)Nc2ccc(Br)cc2)c1C#N. The maximum atomic E-state index is 12.0. The van der Waals surface area contributed by atoms with E-state index in [1.807, 2.05) is 24.3 Å². The highest BCUT2D eigenvalue weighted by atomic mass is 79.9. The largest absolute Gasteiger partial charge is 0.325 e. The van der Waals surface area contributed by atoms with Crippen LogP contribution >= 0.6 is 27.7 Å². The zero-order chi connectivity index (χ0) is 17.7. The zero-order valence-corrected chi connectivity index (χ0v) is 15.1. The summed E-state index contributed by atoms with van der Waals surface area (Å²) in [7, 11) is 0. The van der Waals surface area contributed by atoms with Crippen LogP contribution in [0, 0.1) is 29.6 Å². The van der Waals surface area contributed by atoms with Gasteiger partial charge in [-0.15, -0.1) is 0 Å². The zero-order valence-electron chi connectivity index (χ0n) is 12.7. The number of carbonyl (C=O) groups is 1. The molecular formula is C16H13BrN5OS+. The Labute approximate surface area is 151 Å². The van der Waals surface area contributed by atoms with E-state index in [-0.39, 0.29) is 23.0 Å². The minimum Gasteiger partial charge on any atom is -0.325 e. The second-order valence-electron chi connectivity index (χ2n) is 4.81. The third-order valence-corrected chi connectivity index (χ3v) is 4.72. The molecule has 0 spiro atoms. The van der Waals surface area contributed by atoms with Crippen molar-refractivity contribution in [3.05, 3.63) is 45.4 Å². The van der Waals surface area contributed by atoms with E-state index in [1.54, 1.807) is 19.1 Å². The number of nitrogens with two attached hydrogens (primary N) is 1. The third-order valence-electron chi connectivity index (χ3n) is 3.19. The molecule has 1 aromatic heterocycles. The van der Waals surface area contributed by atoms with Crippen LogP contribution in [0.3, 0.4) is 0 Å². The fourth-order valence-corrected chi connectivity index (χ4v) is 3.14. The fourth-order valence-electron chi connectivity index (χ4n) is 2.00. The molecule has 120 valence electrons. The van der Waals surface area contributed by atoms with Crippen molar-refractivity contribution in [2.75, 3.05) is 16.8 Å². The molecule has 0 unspecified atom stereocenters. The Morgan fingerprint density at radius 3 is 2.50 bits per heavy atom. The molecule has 1 amide bonds. The fraction of sp³-hybridized carbons (Fsp3) is 0.125. The molecular weight excluding hydrogens is 390 g/mol. The maximum absolute atomic E-state index is 12.0. The second-order valence-corrected chi connectivity index (χ2v) is 6.71. The Bertz CT molecular complexity index is 868. The number of anilines is 2. The standard InChI is InChI=1S/C16H12BrN5OS/c1-9-12(6-18)15(20)22-16(13(9)7-19)24-8-14(23)21-11-4-2-10(17)3-5-11/h2-5H,8H2,1H3,(H2,20,22)(H,21,23)/p+1. The Hall–Kier alpha value is -2.55. The summed E-state index contributed by atoms with van der Waals surface area (Å²) in [5.74, 6) is 0.0801. The van der Waals surface area contributed by atoms with E-state index < -0.39 is 0 Å². The quantitative estimate of drug-likeness (QED) is 0.762. The second kappa shape index (κ2) is 7.82. The van der Waals surface area contributed by atoms with Gasteiger partial charge in [0, 0.05) is 10.2 Å². The van der Waals surface area contributed by atoms with Crippen LogP contribution in [0.1, 0.15) is 16.7 Å². The highest BCUT2D eigenvalue weighted by Gasteiger charge is 2.20. The van der Waals surface area contributed by atoms with Crippen LogP contribution in [0.2, 0.25) is 0 Å². The van der Waals surface area contributed by atoms with Crippen LogP contribution in [-0.2, 0) is 4.79 Å². The average Bonchev–Trinajstić information content (AvgIpc) is 2.55. The van der Waals surface area contributed by atoms with Crippen molar-refractivity contribution < 1.29 is 9.78 Å². The van der Waals surface area contributed by atoms with Crippen LogP contribution in [0.15, 0.2) is 33.8 Å². The molecule has 8 heteroatoms. The molecule has 0 saturated heterocycles. The topological polar surface area (TPSA) is 117 Å². The van der Waals surface area contributed by atoms with Gasteiger partial charge in [0.05, 0.1) is 5.75 Å². The van der Waals surface area contributed by atoms with Gasteiger partial charge >= 0.3 is 0 Å². The monoisotopic (exact) mass is 402 g/mol. The van der Waals surface area contributed by atoms with Gasteiger partial charge in [-0.25, -0.2) is 4.98 Å². The Kier molecular flexibility index (Phi) is 5.80. The van der Waals surface area contributed by atoms with Crippen molar-refractivity contribution in [3.8, 4) is 12.1 Å². The molecule has 0 aliphatic heterocycles. The Morgan fingerprint density at radius 1 is 1.29 bits per heavy atom. The molecule has 1 aromatic carbocycles. The number of aromatic amines is 1. The molecule has 2 rings (SSSR count). The van der Waals surface area contributed by atoms with Gasteiger partial charge in [-0.1, -0.05) is 27.7 Å². The first-order valence-electron chi connectivity index (χ1n) is 6.80. The Morgan fingerprint density at radius 2 is 1.92 bits per heavy atom. The summed E-state index contributed by atoms with van der Waals surface area (Å²) in [5.41, 5.74) is 7.55. The van der Waals surface area contributed by atoms with E-state index >= 15 is 0 Å². The van der Waals surface area contributed by atoms with E-state index in [4.69, 9.17) is 11.0 Å². The predicted octanol–water partition coefficient (Wildman–Crippen LogP) is 2.63. The number of nitrogens with zero attached hydrogens (tertiary/aromatic N) is 2. The van der Waals surface area contributed by atoms with Crippen molar-refractivity contribution in [1.29, 1.82) is 10.5 Å². The number of aromatic nitrogens is 1. The van der Waals surface area contributed by atoms with Crippen molar-refractivity contribution in [2.45, 2.75) is 11.9 Å². The number of halogens is 1. The highest BCUT2D eigenvalue weighted by molar-refractivity contribution is 9.10. The predicted molar refractivity (Wildman–Crippen MR) is 95.1 cm³/mol. The lowest BCUT2D eigenvalue weighted by Gasteiger charge is -2.07. The van der Waals surface area contributed by atoms with E-state index in [2.05, 4.69) is 26.2 Å². The first-order chi connectivity index (χ1) is 11.5. The van der Waals surface area contributed by atoms with E-state index in [0.29, 0.717) is 21.8 Å². The van der Waals surface area contributed by atoms with Gasteiger partial charge in [0.2, 0.25) is 5.91 Å². The molecule has 0 aliphatic rings. The van der Waals surface area contributed by atoms with Gasteiger partial charge in [0.1, 0.15) is 23.3 Å². The number of hydrogen-bond donors (Lipinski definition) is 2. The molecule has 0 atom stereocenters. The molecule has 6 nitrogen and oxygen atoms in total. The molecule has 0 radical (unpaired) electrons. The number of nitrogen functional groups attached to an aromatic ring is 1. The minimum atomic E-state index is -0.208. The highest BCUT2D eigenvalue weighted by Crippen LogP contribution is 2.25. The van der Waals surface area contributed by atoms with Gasteiger partial charge in [0.25, 0.3) is 5.82 Å². The minimum absolute atomic E-state index is 0.103. The average molecular weight is 403 g/mol. The lowest BCUT2D eigenvalue weighted by molar-refractivity contribution is -0.410. The number of nitrogens with one attached hydrogen (secondary N) is 2. The molecule has 4 N–H and O–H groups in total. The summed E-state index contributed by atoms with van der Waals surface area (Å²) in [6.07, 6.45) is 0. The number of nitriles is 2. The summed E-state index contributed by atoms with van der Waals surface area (Å²) in [6.45, 7) is 1.66. The van der Waals surface area contributed by atoms with Crippen LogP contribution in [0.25, 0.3) is 0 Å². The number of hydrogen-bond acceptors (Lipinski definition) is 5. The van der Waals surface area contributed by atoms with Crippen LogP contribution < -0.4 is 16.0 Å². The number of amides is 1. The number of H-pyrrole nitrogens is 1. The van der Waals surface area contributed by atoms with Gasteiger partial charge in [-0.3, -0.25) is 10.5 Å². The molecule has 0 aliphatic carbocycles. The molecule has 0 saturated carbocycles. The van der Waals surface area contributed by atoms with E-state index in [9.17, 15) is 10.1 Å². The van der Waals surface area contributed by atoms with Crippen molar-refractivity contribution in [1.82, 2.24) is 0 Å². The van der Waals surface area contributed by atoms with Crippen molar-refractivity contribution in [2.24, 2.45) is 0 Å². The Balaban J connectivity index is 2.12. The van der Waals surface area contributed by atoms with Crippen LogP contribution in [-0.4, -0.2) is 11.7 Å². The number of pyridine rings is 1. The summed E-state index contributed by atoms with van der Waals surface area (Å²) in [5, 5.41) is 21.6. The normalized spacial score (nSPS) is 9.83. The van der Waals surface area contributed by atoms with E-state index in [0.717, 1.165) is 16.2 Å². The molecule has 1 heterocycles. The van der Waals surface area contributed by atoms with E-state index in [1.165, 1.54) is 0 Å². The third kappa shape index (κ3) is 4.05. The number of benzene rings is 1. The smallest absolute Gasteiger partial charge is 0.289 e. The molecule has 0 bridgehead atoms. The van der Waals surface area contributed by atoms with Gasteiger partial charge in [-0.2, -0.15) is 10.5 Å². The van der Waals surface area contributed by atoms with Crippen LogP contribution in [0.4, 0.5) is 11.5 Å². The van der Waals surface area contributed by atoms with Crippen LogP contribution in [0.5, 0.6) is 0 Å². The maximum Gasteiger partial charge on any atom is 0.289 e. The summed E-state index contributed by atoms with van der Waals surface area (Å²) >= 11 is 4.49. The van der Waals surface area contributed by atoms with Gasteiger partial charge in [0.15, 0.2) is 5.03 Å². The lowest BCUT2D eigenvalue weighted by atomic mass is 10.1. The molecule has 2 aromatic rings. The van der Waals surface area contributed by atoms with Crippen molar-refractivity contribution in [3.63, 3.8) is 0 Å². The number of thioether (sulfide) groups is 1. The van der Waals surface area contributed by atoms with Crippen molar-refractivity contribution >= 4 is 45.1 Å². The molecule has 24 heavy (non-hydrogen) atoms. The van der Waals surface area contributed by atoms with Gasteiger partial charge in [-0.05, 0) is 36.8 Å². The first kappa shape index (κ1) is 17.8. The summed E-state index contributed by atoms with van der Waals surface area (Å²) < 4.78 is 0.923. The number of rotatable bonds is 4. The summed E-state index contributed by atoms with van der Waals surface area (Å²) in [6, 6.07) is 11.2. The summed E-state index contributed by atoms with van der Waals surface area (Å²) in [4.78, 5) is 14.9. The first-order valence-corrected chi connectivity index (χ1v) is 8.58.